The maximum Gasteiger partial charge on any atom is 0.190 e. The van der Waals surface area contributed by atoms with Crippen molar-refractivity contribution in [3.63, 3.8) is 0 Å². The van der Waals surface area contributed by atoms with Gasteiger partial charge in [-0.15, -0.1) is 0 Å². The number of fused-ring (bicyclic) bond motifs is 1. The van der Waals surface area contributed by atoms with Crippen LogP contribution in [-0.4, -0.2) is 41.3 Å². The number of hydrogen-bond acceptors (Lipinski definition) is 6. The molecule has 0 aliphatic carbocycles. The summed E-state index contributed by atoms with van der Waals surface area (Å²) in [6, 6.07) is 9.94. The van der Waals surface area contributed by atoms with Crippen LogP contribution in [0.15, 0.2) is 47.6 Å². The van der Waals surface area contributed by atoms with Crippen LogP contribution in [0, 0.1) is 0 Å². The predicted octanol–water partition coefficient (Wildman–Crippen LogP) is 2.85. The Hall–Kier alpha value is -1.73. The summed E-state index contributed by atoms with van der Waals surface area (Å²) < 4.78 is 23.7. The molecule has 24 heavy (non-hydrogen) atoms. The van der Waals surface area contributed by atoms with Gasteiger partial charge < -0.3 is 24.2 Å². The third-order valence-electron chi connectivity index (χ3n) is 4.00. The molecule has 1 N–H and O–H groups in total. The molecular formula is C18H23NO5. The summed E-state index contributed by atoms with van der Waals surface area (Å²) in [5.74, 6) is -0.694. The number of nitrogens with zero attached hydrogens (tertiary/aromatic N) is 1. The van der Waals surface area contributed by atoms with E-state index in [1.165, 1.54) is 0 Å². The topological polar surface area (TPSA) is 69.5 Å². The Morgan fingerprint density at radius 3 is 2.75 bits per heavy atom. The van der Waals surface area contributed by atoms with Gasteiger partial charge in [0.15, 0.2) is 12.1 Å². The van der Waals surface area contributed by atoms with Gasteiger partial charge in [0.05, 0.1) is 12.3 Å². The van der Waals surface area contributed by atoms with Gasteiger partial charge in [-0.1, -0.05) is 41.6 Å². The van der Waals surface area contributed by atoms with Crippen molar-refractivity contribution in [1.29, 1.82) is 0 Å². The average Bonchev–Trinajstić information content (AvgIpc) is 3.03. The summed E-state index contributed by atoms with van der Waals surface area (Å²) in [5, 5.41) is 11.9. The molecule has 0 radical (unpaired) electrons. The second-order valence-corrected chi connectivity index (χ2v) is 6.43. The minimum atomic E-state index is -0.694. The average molecular weight is 333 g/mol. The van der Waals surface area contributed by atoms with E-state index in [-0.39, 0.29) is 18.3 Å². The van der Waals surface area contributed by atoms with Gasteiger partial charge >= 0.3 is 0 Å². The van der Waals surface area contributed by atoms with Crippen LogP contribution >= 0.6 is 0 Å². The van der Waals surface area contributed by atoms with Crippen LogP contribution in [0.2, 0.25) is 0 Å². The van der Waals surface area contributed by atoms with Crippen LogP contribution < -0.4 is 0 Å². The molecule has 6 heteroatoms. The Morgan fingerprint density at radius 1 is 1.29 bits per heavy atom. The monoisotopic (exact) mass is 333 g/mol. The lowest BCUT2D eigenvalue weighted by molar-refractivity contribution is -0.213. The van der Waals surface area contributed by atoms with Gasteiger partial charge in [0.2, 0.25) is 0 Å². The minimum Gasteiger partial charge on any atom is -0.411 e. The summed E-state index contributed by atoms with van der Waals surface area (Å²) in [6.45, 7) is 5.87. The van der Waals surface area contributed by atoms with Crippen molar-refractivity contribution in [2.24, 2.45) is 5.16 Å². The van der Waals surface area contributed by atoms with E-state index in [2.05, 4.69) is 5.16 Å². The van der Waals surface area contributed by atoms with Gasteiger partial charge in [-0.25, -0.2) is 0 Å². The first-order valence-corrected chi connectivity index (χ1v) is 8.02. The molecule has 0 unspecified atom stereocenters. The lowest BCUT2D eigenvalue weighted by Gasteiger charge is -2.24. The minimum absolute atomic E-state index is 0.301. The van der Waals surface area contributed by atoms with Crippen LogP contribution in [0.25, 0.3) is 0 Å². The van der Waals surface area contributed by atoms with E-state index in [1.54, 1.807) is 13.0 Å². The molecule has 0 aromatic heterocycles. The first kappa shape index (κ1) is 17.1. The predicted molar refractivity (Wildman–Crippen MR) is 87.8 cm³/mol. The molecule has 1 aromatic carbocycles. The van der Waals surface area contributed by atoms with E-state index in [0.717, 1.165) is 5.56 Å². The lowest BCUT2D eigenvalue weighted by Crippen LogP contribution is -2.36. The van der Waals surface area contributed by atoms with Crippen LogP contribution in [0.4, 0.5) is 0 Å². The van der Waals surface area contributed by atoms with Crippen molar-refractivity contribution in [2.45, 2.75) is 57.8 Å². The first-order chi connectivity index (χ1) is 11.5. The van der Waals surface area contributed by atoms with Gasteiger partial charge in [0, 0.05) is 0 Å². The van der Waals surface area contributed by atoms with Gasteiger partial charge in [0.1, 0.15) is 18.3 Å². The van der Waals surface area contributed by atoms with Crippen molar-refractivity contribution in [3.05, 3.63) is 48.0 Å². The summed E-state index contributed by atoms with van der Waals surface area (Å²) in [7, 11) is 0. The number of allylic oxidation sites excluding steroid dienone is 1. The fraction of sp³-hybridized carbons (Fsp3) is 0.500. The Labute approximate surface area is 141 Å². The lowest BCUT2D eigenvalue weighted by atomic mass is 10.1. The maximum atomic E-state index is 8.77. The molecule has 1 aromatic rings. The quantitative estimate of drug-likeness (QED) is 0.510. The SMILES string of the molecule is CC(/C=C/[C@H]1O[C@@H]2OC(C)(C)O[C@@H]2[C@@H]1OCc1ccccc1)=N\O. The molecule has 2 saturated heterocycles. The molecule has 2 aliphatic rings. The molecule has 2 heterocycles. The molecule has 3 rings (SSSR count). The second kappa shape index (κ2) is 7.03. The van der Waals surface area contributed by atoms with Gasteiger partial charge in [0.25, 0.3) is 0 Å². The third-order valence-corrected chi connectivity index (χ3v) is 4.00. The fourth-order valence-corrected chi connectivity index (χ4v) is 2.88. The molecular weight excluding hydrogens is 310 g/mol. The molecule has 0 saturated carbocycles. The Kier molecular flexibility index (Phi) is 5.01. The van der Waals surface area contributed by atoms with Gasteiger partial charge in [-0.05, 0) is 32.4 Å². The summed E-state index contributed by atoms with van der Waals surface area (Å²) in [4.78, 5) is 0. The fourth-order valence-electron chi connectivity index (χ4n) is 2.88. The normalized spacial score (nSPS) is 32.4. The molecule has 0 amide bonds. The Morgan fingerprint density at radius 2 is 2.04 bits per heavy atom. The number of benzene rings is 1. The highest BCUT2D eigenvalue weighted by Crippen LogP contribution is 2.39. The maximum absolute atomic E-state index is 8.77. The zero-order valence-electron chi connectivity index (χ0n) is 14.1. The van der Waals surface area contributed by atoms with Gasteiger partial charge in [-0.2, -0.15) is 0 Å². The number of hydrogen-bond donors (Lipinski definition) is 1. The van der Waals surface area contributed by atoms with Crippen molar-refractivity contribution in [2.75, 3.05) is 0 Å². The van der Waals surface area contributed by atoms with Crippen molar-refractivity contribution < 1.29 is 24.2 Å². The highest BCUT2D eigenvalue weighted by molar-refractivity contribution is 5.92. The molecule has 130 valence electrons. The Bertz CT molecular complexity index is 613. The molecule has 6 nitrogen and oxygen atoms in total. The van der Waals surface area contributed by atoms with E-state index in [4.69, 9.17) is 24.2 Å². The second-order valence-electron chi connectivity index (χ2n) is 6.43. The largest absolute Gasteiger partial charge is 0.411 e. The molecule has 2 fully saturated rings. The molecule has 4 atom stereocenters. The zero-order valence-corrected chi connectivity index (χ0v) is 14.1. The van der Waals surface area contributed by atoms with Crippen LogP contribution in [0.1, 0.15) is 26.3 Å². The number of rotatable bonds is 5. The Balaban J connectivity index is 1.72. The van der Waals surface area contributed by atoms with E-state index in [1.807, 2.05) is 50.3 Å². The summed E-state index contributed by atoms with van der Waals surface area (Å²) >= 11 is 0. The van der Waals surface area contributed by atoms with E-state index >= 15 is 0 Å². The van der Waals surface area contributed by atoms with Crippen molar-refractivity contribution in [3.8, 4) is 0 Å². The highest BCUT2D eigenvalue weighted by atomic mass is 16.8. The molecule has 0 bridgehead atoms. The first-order valence-electron chi connectivity index (χ1n) is 8.02. The standard InChI is InChI=1S/C18H23NO5/c1-12(19-20)9-10-14-15(21-11-13-7-5-4-6-8-13)16-17(22-14)24-18(2,3)23-16/h4-10,14-17,20H,11H2,1-3H3/b10-9+,19-12+/t14-,15-,16-,17-/m1/s1. The highest BCUT2D eigenvalue weighted by Gasteiger charge is 2.54. The van der Waals surface area contributed by atoms with E-state index in [0.29, 0.717) is 12.3 Å². The van der Waals surface area contributed by atoms with Crippen LogP contribution in [0.3, 0.4) is 0 Å². The summed E-state index contributed by atoms with van der Waals surface area (Å²) in [6.07, 6.45) is 2.08. The van der Waals surface area contributed by atoms with E-state index in [9.17, 15) is 0 Å². The van der Waals surface area contributed by atoms with Gasteiger partial charge in [-0.3, -0.25) is 0 Å². The number of oxime groups is 1. The molecule has 0 spiro atoms. The summed E-state index contributed by atoms with van der Waals surface area (Å²) in [5.41, 5.74) is 1.56. The zero-order chi connectivity index (χ0) is 17.2. The van der Waals surface area contributed by atoms with Crippen LogP contribution in [-0.2, 0) is 25.6 Å². The smallest absolute Gasteiger partial charge is 0.190 e. The molecule has 2 aliphatic heterocycles. The van der Waals surface area contributed by atoms with Crippen LogP contribution in [0.5, 0.6) is 0 Å². The van der Waals surface area contributed by atoms with Crippen molar-refractivity contribution in [1.82, 2.24) is 0 Å². The van der Waals surface area contributed by atoms with Crippen molar-refractivity contribution >= 4 is 5.71 Å². The third kappa shape index (κ3) is 3.84. The number of ether oxygens (including phenoxy) is 4. The van der Waals surface area contributed by atoms with E-state index < -0.39 is 12.1 Å².